The molecule has 1 aromatic rings. The topological polar surface area (TPSA) is 51.2 Å². The van der Waals surface area contributed by atoms with E-state index in [0.717, 1.165) is 19.3 Å². The Kier molecular flexibility index (Phi) is 4.99. The monoisotopic (exact) mass is 276 g/mol. The summed E-state index contributed by atoms with van der Waals surface area (Å²) in [7, 11) is 0. The highest BCUT2D eigenvalue weighted by atomic mass is 16.5. The second-order valence-electron chi connectivity index (χ2n) is 5.91. The van der Waals surface area contributed by atoms with Gasteiger partial charge in [0.2, 0.25) is 0 Å². The molecule has 0 radical (unpaired) electrons. The molecule has 0 aromatic carbocycles. The van der Waals surface area contributed by atoms with Crippen molar-refractivity contribution in [3.8, 4) is 0 Å². The predicted octanol–water partition coefficient (Wildman–Crippen LogP) is 3.64. The Morgan fingerprint density at radius 3 is 2.80 bits per heavy atom. The predicted molar refractivity (Wildman–Crippen MR) is 79.8 cm³/mol. The van der Waals surface area contributed by atoms with Gasteiger partial charge in [-0.25, -0.2) is 9.78 Å². The molecule has 1 aromatic heterocycles. The molecule has 1 aliphatic rings. The molecule has 1 fully saturated rings. The molecule has 1 heterocycles. The Morgan fingerprint density at radius 1 is 1.35 bits per heavy atom. The highest BCUT2D eigenvalue weighted by Gasteiger charge is 2.25. The minimum absolute atomic E-state index is 0.0414. The number of esters is 1. The second kappa shape index (κ2) is 6.73. The molecule has 2 rings (SSSR count). The number of nitrogens with zero attached hydrogens (tertiary/aromatic N) is 1. The average Bonchev–Trinajstić information content (AvgIpc) is 2.41. The van der Waals surface area contributed by atoms with Crippen molar-refractivity contribution in [3.05, 3.63) is 23.9 Å². The van der Waals surface area contributed by atoms with Crippen LogP contribution in [0.15, 0.2) is 18.2 Å². The quantitative estimate of drug-likeness (QED) is 0.853. The van der Waals surface area contributed by atoms with Gasteiger partial charge in [0.05, 0.1) is 0 Å². The molecule has 1 saturated carbocycles. The molecule has 0 saturated heterocycles. The molecular formula is C16H24N2O2. The van der Waals surface area contributed by atoms with Crippen LogP contribution in [-0.4, -0.2) is 23.1 Å². The fourth-order valence-electron chi connectivity index (χ4n) is 2.58. The lowest BCUT2D eigenvalue weighted by molar-refractivity contribution is 0.00422. The zero-order chi connectivity index (χ0) is 14.5. The first-order valence-corrected chi connectivity index (χ1v) is 7.51. The van der Waals surface area contributed by atoms with Crippen LogP contribution in [0.4, 0.5) is 5.82 Å². The lowest BCUT2D eigenvalue weighted by Crippen LogP contribution is -2.28. The number of hydrogen-bond acceptors (Lipinski definition) is 4. The summed E-state index contributed by atoms with van der Waals surface area (Å²) in [6.07, 6.45) is 4.53. The number of pyridine rings is 1. The molecule has 20 heavy (non-hydrogen) atoms. The number of ether oxygens (including phenoxy) is 1. The van der Waals surface area contributed by atoms with Gasteiger partial charge in [-0.15, -0.1) is 0 Å². The maximum absolute atomic E-state index is 12.2. The number of carbonyl (C=O) groups is 1. The first kappa shape index (κ1) is 14.8. The van der Waals surface area contributed by atoms with Gasteiger partial charge < -0.3 is 10.1 Å². The summed E-state index contributed by atoms with van der Waals surface area (Å²) in [6.45, 7) is 6.23. The number of rotatable bonds is 4. The van der Waals surface area contributed by atoms with Crippen molar-refractivity contribution >= 4 is 11.8 Å². The van der Waals surface area contributed by atoms with Crippen molar-refractivity contribution in [3.63, 3.8) is 0 Å². The van der Waals surface area contributed by atoms with Crippen LogP contribution >= 0.6 is 0 Å². The molecule has 1 N–H and O–H groups in total. The minimum Gasteiger partial charge on any atom is -0.457 e. The van der Waals surface area contributed by atoms with Gasteiger partial charge >= 0.3 is 5.97 Å². The van der Waals surface area contributed by atoms with Crippen LogP contribution in [-0.2, 0) is 4.74 Å². The standard InChI is InChI=1S/C16H24N2O2/c1-11(2)17-15-10-6-8-13(18-15)16(19)20-14-9-5-4-7-12(14)3/h6,8,10-12,14H,4-5,7,9H2,1-3H3,(H,17,18). The zero-order valence-electron chi connectivity index (χ0n) is 12.6. The van der Waals surface area contributed by atoms with E-state index in [-0.39, 0.29) is 18.1 Å². The molecule has 2 atom stereocenters. The van der Waals surface area contributed by atoms with Crippen molar-refractivity contribution in [2.24, 2.45) is 5.92 Å². The average molecular weight is 276 g/mol. The van der Waals surface area contributed by atoms with Gasteiger partial charge in [0.15, 0.2) is 5.69 Å². The molecular weight excluding hydrogens is 252 g/mol. The maximum atomic E-state index is 12.2. The molecule has 1 aliphatic carbocycles. The van der Waals surface area contributed by atoms with Gasteiger partial charge in [-0.05, 0) is 51.2 Å². The fraction of sp³-hybridized carbons (Fsp3) is 0.625. The van der Waals surface area contributed by atoms with Crippen molar-refractivity contribution in [2.75, 3.05) is 5.32 Å². The van der Waals surface area contributed by atoms with Gasteiger partial charge in [0.25, 0.3) is 0 Å². The lowest BCUT2D eigenvalue weighted by Gasteiger charge is -2.28. The van der Waals surface area contributed by atoms with Crippen LogP contribution in [0, 0.1) is 5.92 Å². The van der Waals surface area contributed by atoms with E-state index in [4.69, 9.17) is 4.74 Å². The number of anilines is 1. The third kappa shape index (κ3) is 3.95. The van der Waals surface area contributed by atoms with E-state index in [2.05, 4.69) is 17.2 Å². The van der Waals surface area contributed by atoms with Crippen LogP contribution in [0.25, 0.3) is 0 Å². The van der Waals surface area contributed by atoms with Crippen molar-refractivity contribution in [1.82, 2.24) is 4.98 Å². The maximum Gasteiger partial charge on any atom is 0.357 e. The molecule has 0 aliphatic heterocycles. The molecule has 2 unspecified atom stereocenters. The molecule has 4 nitrogen and oxygen atoms in total. The summed E-state index contributed by atoms with van der Waals surface area (Å²) in [6, 6.07) is 5.69. The molecule has 0 spiro atoms. The highest BCUT2D eigenvalue weighted by molar-refractivity contribution is 5.87. The van der Waals surface area contributed by atoms with Crippen molar-refractivity contribution in [1.29, 1.82) is 0 Å². The third-order valence-corrected chi connectivity index (χ3v) is 3.69. The van der Waals surface area contributed by atoms with E-state index in [9.17, 15) is 4.79 Å². The Bertz CT molecular complexity index is 460. The number of nitrogens with one attached hydrogen (secondary N) is 1. The summed E-state index contributed by atoms with van der Waals surface area (Å²) in [4.78, 5) is 16.5. The normalized spacial score (nSPS) is 22.6. The summed E-state index contributed by atoms with van der Waals surface area (Å²) in [5.41, 5.74) is 0.383. The Hall–Kier alpha value is -1.58. The largest absolute Gasteiger partial charge is 0.457 e. The first-order chi connectivity index (χ1) is 9.56. The minimum atomic E-state index is -0.309. The van der Waals surface area contributed by atoms with Crippen molar-refractivity contribution in [2.45, 2.75) is 58.6 Å². The molecule has 4 heteroatoms. The number of hydrogen-bond donors (Lipinski definition) is 1. The molecule has 110 valence electrons. The van der Waals surface area contributed by atoms with Crippen molar-refractivity contribution < 1.29 is 9.53 Å². The highest BCUT2D eigenvalue weighted by Crippen LogP contribution is 2.27. The summed E-state index contributed by atoms with van der Waals surface area (Å²) in [5, 5.41) is 3.19. The summed E-state index contributed by atoms with van der Waals surface area (Å²) in [5.74, 6) is 0.854. The van der Waals surface area contributed by atoms with Gasteiger partial charge in [0.1, 0.15) is 11.9 Å². The fourth-order valence-corrected chi connectivity index (χ4v) is 2.58. The zero-order valence-corrected chi connectivity index (χ0v) is 12.6. The van der Waals surface area contributed by atoms with E-state index < -0.39 is 0 Å². The number of aromatic nitrogens is 1. The smallest absolute Gasteiger partial charge is 0.357 e. The van der Waals surface area contributed by atoms with Gasteiger partial charge in [-0.1, -0.05) is 19.4 Å². The van der Waals surface area contributed by atoms with Crippen LogP contribution in [0.1, 0.15) is 56.9 Å². The summed E-state index contributed by atoms with van der Waals surface area (Å²) < 4.78 is 5.62. The SMILES string of the molecule is CC(C)Nc1cccc(C(=O)OC2CCCCC2C)n1. The Balaban J connectivity index is 2.01. The van der Waals surface area contributed by atoms with Gasteiger partial charge in [0, 0.05) is 6.04 Å². The van der Waals surface area contributed by atoms with Crippen LogP contribution in [0.2, 0.25) is 0 Å². The first-order valence-electron chi connectivity index (χ1n) is 7.51. The van der Waals surface area contributed by atoms with E-state index >= 15 is 0 Å². The summed E-state index contributed by atoms with van der Waals surface area (Å²) >= 11 is 0. The third-order valence-electron chi connectivity index (χ3n) is 3.69. The number of carbonyl (C=O) groups excluding carboxylic acids is 1. The van der Waals surface area contributed by atoms with E-state index in [1.165, 1.54) is 6.42 Å². The Morgan fingerprint density at radius 2 is 2.10 bits per heavy atom. The van der Waals surface area contributed by atoms with Gasteiger partial charge in [-0.3, -0.25) is 0 Å². The van der Waals surface area contributed by atoms with E-state index in [0.29, 0.717) is 17.4 Å². The second-order valence-corrected chi connectivity index (χ2v) is 5.91. The Labute approximate surface area is 120 Å². The van der Waals surface area contributed by atoms with Crippen LogP contribution in [0.5, 0.6) is 0 Å². The molecule has 0 bridgehead atoms. The van der Waals surface area contributed by atoms with E-state index in [1.54, 1.807) is 6.07 Å². The van der Waals surface area contributed by atoms with Gasteiger partial charge in [-0.2, -0.15) is 0 Å². The van der Waals surface area contributed by atoms with Crippen LogP contribution < -0.4 is 5.32 Å². The van der Waals surface area contributed by atoms with E-state index in [1.807, 2.05) is 26.0 Å². The van der Waals surface area contributed by atoms with Crippen LogP contribution in [0.3, 0.4) is 0 Å². The lowest BCUT2D eigenvalue weighted by atomic mass is 9.88. The molecule has 0 amide bonds.